The zero-order valence-corrected chi connectivity index (χ0v) is 10.8. The molecule has 0 saturated heterocycles. The Labute approximate surface area is 109 Å². The van der Waals surface area contributed by atoms with E-state index in [4.69, 9.17) is 10.00 Å². The Morgan fingerprint density at radius 1 is 1.39 bits per heavy atom. The second-order valence-corrected chi connectivity index (χ2v) is 3.66. The van der Waals surface area contributed by atoms with Crippen molar-refractivity contribution >= 4 is 15.9 Å². The molecule has 0 bridgehead atoms. The predicted molar refractivity (Wildman–Crippen MR) is 59.4 cm³/mol. The van der Waals surface area contributed by atoms with Crippen LogP contribution in [0.25, 0.3) is 0 Å². The van der Waals surface area contributed by atoms with Crippen LogP contribution in [-0.4, -0.2) is 18.5 Å². The first-order valence-corrected chi connectivity index (χ1v) is 5.79. The summed E-state index contributed by atoms with van der Waals surface area (Å²) in [6.45, 7) is 0. The number of hydrogen-bond donors (Lipinski definition) is 0. The van der Waals surface area contributed by atoms with Gasteiger partial charge in [-0.1, -0.05) is 15.9 Å². The molecule has 0 N–H and O–H groups in total. The van der Waals surface area contributed by atoms with Crippen molar-refractivity contribution in [1.29, 1.82) is 5.26 Å². The Hall–Kier alpha value is -1.49. The minimum Gasteiger partial charge on any atom is -0.495 e. The summed E-state index contributed by atoms with van der Waals surface area (Å²) in [4.78, 5) is 3.92. The van der Waals surface area contributed by atoms with Crippen LogP contribution in [0.1, 0.15) is 11.4 Å². The van der Waals surface area contributed by atoms with Gasteiger partial charge in [0, 0.05) is 11.4 Å². The molecule has 1 aromatic rings. The fourth-order valence-electron chi connectivity index (χ4n) is 1.25. The summed E-state index contributed by atoms with van der Waals surface area (Å²) in [7, 11) is 1.28. The van der Waals surface area contributed by atoms with Crippen LogP contribution < -0.4 is 9.47 Å². The molecule has 18 heavy (non-hydrogen) atoms. The van der Waals surface area contributed by atoms with Crippen LogP contribution in [-0.2, 0) is 11.8 Å². The highest BCUT2D eigenvalue weighted by Gasteiger charge is 2.33. The van der Waals surface area contributed by atoms with Crippen molar-refractivity contribution in [2.45, 2.75) is 18.1 Å². The number of rotatable bonds is 4. The van der Waals surface area contributed by atoms with Gasteiger partial charge in [0.2, 0.25) is 0 Å². The number of pyridine rings is 1. The summed E-state index contributed by atoms with van der Waals surface area (Å²) in [6, 6.07) is 2.93. The molecule has 0 aliphatic carbocycles. The van der Waals surface area contributed by atoms with Gasteiger partial charge in [-0.3, -0.25) is 0 Å². The van der Waals surface area contributed by atoms with Crippen LogP contribution in [0.3, 0.4) is 0 Å². The molecule has 0 amide bonds. The quantitative estimate of drug-likeness (QED) is 0.799. The topological polar surface area (TPSA) is 55.1 Å². The maximum absolute atomic E-state index is 12.2. The molecule has 0 fully saturated rings. The summed E-state index contributed by atoms with van der Waals surface area (Å²) < 4.78 is 45.3. The summed E-state index contributed by atoms with van der Waals surface area (Å²) >= 11 is 3.01. The molecule has 0 aromatic carbocycles. The third-order valence-electron chi connectivity index (χ3n) is 1.92. The molecular formula is C10H8BrF3N2O2. The number of hydrogen-bond acceptors (Lipinski definition) is 4. The number of ether oxygens (including phenoxy) is 2. The maximum Gasteiger partial charge on any atom is 0.573 e. The van der Waals surface area contributed by atoms with Gasteiger partial charge in [0.25, 0.3) is 0 Å². The third kappa shape index (κ3) is 3.77. The van der Waals surface area contributed by atoms with Crippen molar-refractivity contribution in [2.75, 3.05) is 7.11 Å². The predicted octanol–water partition coefficient (Wildman–Crippen LogP) is 2.95. The SMILES string of the molecule is COc1cc(OC(F)(F)F)c(CBr)nc1CC#N. The Morgan fingerprint density at radius 3 is 2.50 bits per heavy atom. The first-order chi connectivity index (χ1) is 8.41. The van der Waals surface area contributed by atoms with Crippen LogP contribution >= 0.6 is 15.9 Å². The molecule has 0 aliphatic rings. The van der Waals surface area contributed by atoms with Gasteiger partial charge in [-0.25, -0.2) is 4.98 Å². The van der Waals surface area contributed by atoms with Crippen LogP contribution in [0.4, 0.5) is 13.2 Å². The molecule has 0 radical (unpaired) electrons. The lowest BCUT2D eigenvalue weighted by Gasteiger charge is -2.14. The first-order valence-electron chi connectivity index (χ1n) is 4.66. The highest BCUT2D eigenvalue weighted by Crippen LogP contribution is 2.32. The highest BCUT2D eigenvalue weighted by molar-refractivity contribution is 9.08. The van der Waals surface area contributed by atoms with E-state index in [2.05, 4.69) is 25.7 Å². The van der Waals surface area contributed by atoms with Crippen LogP contribution in [0.15, 0.2) is 6.07 Å². The smallest absolute Gasteiger partial charge is 0.495 e. The zero-order valence-electron chi connectivity index (χ0n) is 9.21. The van der Waals surface area contributed by atoms with E-state index in [1.807, 2.05) is 6.07 Å². The first kappa shape index (κ1) is 14.6. The van der Waals surface area contributed by atoms with Gasteiger partial charge in [0.05, 0.1) is 31.0 Å². The Balaban J connectivity index is 3.22. The summed E-state index contributed by atoms with van der Waals surface area (Å²) in [5, 5.41) is 8.66. The van der Waals surface area contributed by atoms with E-state index in [9.17, 15) is 13.2 Å². The lowest BCUT2D eigenvalue weighted by molar-refractivity contribution is -0.275. The highest BCUT2D eigenvalue weighted by atomic mass is 79.9. The van der Waals surface area contributed by atoms with Crippen molar-refractivity contribution < 1.29 is 22.6 Å². The van der Waals surface area contributed by atoms with E-state index in [1.165, 1.54) is 7.11 Å². The van der Waals surface area contributed by atoms with E-state index in [1.54, 1.807) is 0 Å². The van der Waals surface area contributed by atoms with E-state index in [0.29, 0.717) is 0 Å². The molecule has 0 spiro atoms. The molecule has 0 saturated carbocycles. The molecule has 1 heterocycles. The fourth-order valence-corrected chi connectivity index (χ4v) is 1.65. The number of alkyl halides is 4. The van der Waals surface area contributed by atoms with E-state index < -0.39 is 12.1 Å². The molecule has 98 valence electrons. The number of nitriles is 1. The Kier molecular flexibility index (Phi) is 4.78. The fraction of sp³-hybridized carbons (Fsp3) is 0.400. The van der Waals surface area contributed by atoms with Crippen LogP contribution in [0.5, 0.6) is 11.5 Å². The van der Waals surface area contributed by atoms with Gasteiger partial charge in [-0.15, -0.1) is 13.2 Å². The van der Waals surface area contributed by atoms with Gasteiger partial charge in [-0.05, 0) is 0 Å². The molecule has 4 nitrogen and oxygen atoms in total. The van der Waals surface area contributed by atoms with Crippen molar-refractivity contribution in [2.24, 2.45) is 0 Å². The Morgan fingerprint density at radius 2 is 2.06 bits per heavy atom. The van der Waals surface area contributed by atoms with Gasteiger partial charge >= 0.3 is 6.36 Å². The molecule has 8 heteroatoms. The maximum atomic E-state index is 12.2. The summed E-state index contributed by atoms with van der Waals surface area (Å²) in [6.07, 6.45) is -4.87. The Bertz CT molecular complexity index is 471. The number of aromatic nitrogens is 1. The van der Waals surface area contributed by atoms with Gasteiger partial charge in [0.1, 0.15) is 5.75 Å². The third-order valence-corrected chi connectivity index (χ3v) is 2.45. The summed E-state index contributed by atoms with van der Waals surface area (Å²) in [5.41, 5.74) is 0.322. The van der Waals surface area contributed by atoms with Gasteiger partial charge in [-0.2, -0.15) is 5.26 Å². The number of nitrogens with zero attached hydrogens (tertiary/aromatic N) is 2. The van der Waals surface area contributed by atoms with E-state index in [0.717, 1.165) is 6.07 Å². The second kappa shape index (κ2) is 5.91. The standard InChI is InChI=1S/C10H8BrF3N2O2/c1-17-8-4-9(18-10(12,13)14)7(5-11)16-6(8)2-3-15/h4H,2,5H2,1H3. The molecule has 1 aromatic heterocycles. The monoisotopic (exact) mass is 324 g/mol. The van der Waals surface area contributed by atoms with Crippen LogP contribution in [0, 0.1) is 11.3 Å². The number of halogens is 4. The molecule has 0 aliphatic heterocycles. The van der Waals surface area contributed by atoms with E-state index in [-0.39, 0.29) is 28.9 Å². The van der Waals surface area contributed by atoms with Crippen molar-refractivity contribution in [3.05, 3.63) is 17.5 Å². The van der Waals surface area contributed by atoms with Crippen molar-refractivity contribution in [1.82, 2.24) is 4.98 Å². The van der Waals surface area contributed by atoms with E-state index >= 15 is 0 Å². The molecule has 1 rings (SSSR count). The van der Waals surface area contributed by atoms with Gasteiger partial charge < -0.3 is 9.47 Å². The second-order valence-electron chi connectivity index (χ2n) is 3.10. The minimum absolute atomic E-state index is 0.0541. The van der Waals surface area contributed by atoms with Gasteiger partial charge in [0.15, 0.2) is 5.75 Å². The summed E-state index contributed by atoms with van der Waals surface area (Å²) in [5.74, 6) is -0.363. The lowest BCUT2D eigenvalue weighted by atomic mass is 10.2. The molecular weight excluding hydrogens is 317 g/mol. The van der Waals surface area contributed by atoms with Crippen molar-refractivity contribution in [3.63, 3.8) is 0 Å². The average molecular weight is 325 g/mol. The van der Waals surface area contributed by atoms with Crippen LogP contribution in [0.2, 0.25) is 0 Å². The molecule has 0 atom stereocenters. The normalized spacial score (nSPS) is 10.9. The largest absolute Gasteiger partial charge is 0.573 e. The minimum atomic E-state index is -4.81. The molecule has 0 unspecified atom stereocenters. The number of methoxy groups -OCH3 is 1. The van der Waals surface area contributed by atoms with Crippen molar-refractivity contribution in [3.8, 4) is 17.6 Å². The lowest BCUT2D eigenvalue weighted by Crippen LogP contribution is -2.18. The zero-order chi connectivity index (χ0) is 13.8. The average Bonchev–Trinajstić information content (AvgIpc) is 2.28.